The first-order valence-corrected chi connectivity index (χ1v) is 3.69. The quantitative estimate of drug-likeness (QED) is 0.530. The molecule has 0 aromatic carbocycles. The molecule has 0 aromatic heterocycles. The van der Waals surface area contributed by atoms with Crippen LogP contribution in [0.5, 0.6) is 0 Å². The van der Waals surface area contributed by atoms with Crippen LogP contribution in [0.3, 0.4) is 0 Å². The van der Waals surface area contributed by atoms with Gasteiger partial charge in [0, 0.05) is 0 Å². The molecule has 0 saturated heterocycles. The van der Waals surface area contributed by atoms with Gasteiger partial charge in [0.25, 0.3) is 0 Å². The summed E-state index contributed by atoms with van der Waals surface area (Å²) in [5.41, 5.74) is 6.92. The van der Waals surface area contributed by atoms with E-state index in [0.717, 1.165) is 12.5 Å². The Hall–Kier alpha value is -0.300. The van der Waals surface area contributed by atoms with Crippen LogP contribution in [-0.2, 0) is 0 Å². The molecule has 1 aliphatic carbocycles. The molecule has 0 aliphatic heterocycles. The molecule has 1 fully saturated rings. The van der Waals surface area contributed by atoms with E-state index < -0.39 is 0 Å². The summed E-state index contributed by atoms with van der Waals surface area (Å²) in [5, 5.41) is 0. The predicted molar refractivity (Wildman–Crippen MR) is 40.2 cm³/mol. The molecule has 0 amide bonds. The number of allylic oxidation sites excluding steroid dienone is 1. The lowest BCUT2D eigenvalue weighted by molar-refractivity contribution is 0.428. The van der Waals surface area contributed by atoms with Crippen molar-refractivity contribution in [1.82, 2.24) is 0 Å². The lowest BCUT2D eigenvalue weighted by atomic mass is 9.86. The van der Waals surface area contributed by atoms with Crippen molar-refractivity contribution in [2.45, 2.75) is 25.7 Å². The van der Waals surface area contributed by atoms with Gasteiger partial charge in [-0.3, -0.25) is 0 Å². The van der Waals surface area contributed by atoms with Gasteiger partial charge >= 0.3 is 0 Å². The average Bonchev–Trinajstić information content (AvgIpc) is 1.88. The third kappa shape index (κ3) is 1.83. The maximum absolute atomic E-state index is 5.52. The van der Waals surface area contributed by atoms with Gasteiger partial charge in [-0.25, -0.2) is 0 Å². The molecule has 52 valence electrons. The molecule has 1 nitrogen and oxygen atoms in total. The Morgan fingerprint density at radius 3 is 2.89 bits per heavy atom. The average molecular weight is 125 g/mol. The number of hydrogen-bond donors (Lipinski definition) is 1. The lowest BCUT2D eigenvalue weighted by Crippen LogP contribution is -2.17. The van der Waals surface area contributed by atoms with E-state index in [1.54, 1.807) is 0 Å². The van der Waals surface area contributed by atoms with Crippen LogP contribution >= 0.6 is 0 Å². The van der Waals surface area contributed by atoms with Crippen molar-refractivity contribution in [3.8, 4) is 0 Å². The Morgan fingerprint density at radius 1 is 1.67 bits per heavy atom. The van der Waals surface area contributed by atoms with E-state index in [9.17, 15) is 0 Å². The van der Waals surface area contributed by atoms with Crippen LogP contribution < -0.4 is 5.73 Å². The summed E-state index contributed by atoms with van der Waals surface area (Å²) in [4.78, 5) is 0. The summed E-state index contributed by atoms with van der Waals surface area (Å²) in [6.07, 6.45) is 5.03. The van der Waals surface area contributed by atoms with Gasteiger partial charge in [-0.15, -0.1) is 0 Å². The second-order valence-corrected chi connectivity index (χ2v) is 2.95. The van der Waals surface area contributed by atoms with E-state index in [1.807, 2.05) is 0 Å². The van der Waals surface area contributed by atoms with Gasteiger partial charge in [0.2, 0.25) is 0 Å². The van der Waals surface area contributed by atoms with E-state index >= 15 is 0 Å². The van der Waals surface area contributed by atoms with Crippen LogP contribution in [0.4, 0.5) is 0 Å². The second-order valence-electron chi connectivity index (χ2n) is 2.95. The zero-order valence-electron chi connectivity index (χ0n) is 5.90. The SMILES string of the molecule is C=C1CCCC(CN)C1. The molecule has 1 unspecified atom stereocenters. The first-order valence-electron chi connectivity index (χ1n) is 3.69. The van der Waals surface area contributed by atoms with Crippen molar-refractivity contribution < 1.29 is 0 Å². The van der Waals surface area contributed by atoms with E-state index in [1.165, 1.54) is 31.3 Å². The first-order chi connectivity index (χ1) is 4.33. The van der Waals surface area contributed by atoms with E-state index in [2.05, 4.69) is 6.58 Å². The summed E-state index contributed by atoms with van der Waals surface area (Å²) < 4.78 is 0. The zero-order chi connectivity index (χ0) is 6.69. The van der Waals surface area contributed by atoms with Crippen molar-refractivity contribution >= 4 is 0 Å². The highest BCUT2D eigenvalue weighted by Crippen LogP contribution is 2.25. The summed E-state index contributed by atoms with van der Waals surface area (Å²) in [5.74, 6) is 0.742. The van der Waals surface area contributed by atoms with Crippen molar-refractivity contribution in [3.63, 3.8) is 0 Å². The Labute approximate surface area is 56.9 Å². The fourth-order valence-corrected chi connectivity index (χ4v) is 1.45. The van der Waals surface area contributed by atoms with Crippen molar-refractivity contribution in [2.75, 3.05) is 6.54 Å². The summed E-state index contributed by atoms with van der Waals surface area (Å²) in [6, 6.07) is 0. The van der Waals surface area contributed by atoms with Crippen LogP contribution in [0, 0.1) is 5.92 Å². The molecule has 0 aromatic rings. The maximum atomic E-state index is 5.52. The predicted octanol–water partition coefficient (Wildman–Crippen LogP) is 1.69. The van der Waals surface area contributed by atoms with E-state index in [4.69, 9.17) is 5.73 Å². The minimum atomic E-state index is 0.742. The van der Waals surface area contributed by atoms with E-state index in [-0.39, 0.29) is 0 Å². The van der Waals surface area contributed by atoms with Gasteiger partial charge < -0.3 is 5.73 Å². The van der Waals surface area contributed by atoms with Crippen LogP contribution in [0.25, 0.3) is 0 Å². The smallest absolute Gasteiger partial charge is 0.00458 e. The molecule has 9 heavy (non-hydrogen) atoms. The monoisotopic (exact) mass is 125 g/mol. The summed E-state index contributed by atoms with van der Waals surface area (Å²) in [6.45, 7) is 4.80. The molecule has 1 saturated carbocycles. The zero-order valence-corrected chi connectivity index (χ0v) is 5.90. The Balaban J connectivity index is 2.32. The fourth-order valence-electron chi connectivity index (χ4n) is 1.45. The largest absolute Gasteiger partial charge is 0.330 e. The minimum Gasteiger partial charge on any atom is -0.330 e. The van der Waals surface area contributed by atoms with Crippen molar-refractivity contribution in [3.05, 3.63) is 12.2 Å². The fraction of sp³-hybridized carbons (Fsp3) is 0.750. The highest BCUT2D eigenvalue weighted by Gasteiger charge is 2.13. The molecule has 1 heteroatoms. The van der Waals surface area contributed by atoms with Crippen molar-refractivity contribution in [1.29, 1.82) is 0 Å². The van der Waals surface area contributed by atoms with Crippen LogP contribution in [0.2, 0.25) is 0 Å². The molecule has 0 radical (unpaired) electrons. The molecule has 2 N–H and O–H groups in total. The third-order valence-electron chi connectivity index (χ3n) is 2.05. The van der Waals surface area contributed by atoms with Crippen LogP contribution in [0.1, 0.15) is 25.7 Å². The second kappa shape index (κ2) is 3.02. The number of hydrogen-bond acceptors (Lipinski definition) is 1. The first kappa shape index (κ1) is 6.81. The van der Waals surface area contributed by atoms with Gasteiger partial charge in [-0.2, -0.15) is 0 Å². The van der Waals surface area contributed by atoms with Gasteiger partial charge in [0.05, 0.1) is 0 Å². The highest BCUT2D eigenvalue weighted by atomic mass is 14.5. The molecule has 0 heterocycles. The van der Waals surface area contributed by atoms with Crippen LogP contribution in [-0.4, -0.2) is 6.54 Å². The normalized spacial score (nSPS) is 28.6. The Kier molecular flexibility index (Phi) is 2.29. The Bertz CT molecular complexity index is 107. The van der Waals surface area contributed by atoms with Gasteiger partial charge in [-0.1, -0.05) is 12.2 Å². The van der Waals surface area contributed by atoms with E-state index in [0.29, 0.717) is 0 Å². The third-order valence-corrected chi connectivity index (χ3v) is 2.05. The molecule has 0 bridgehead atoms. The van der Waals surface area contributed by atoms with Gasteiger partial charge in [-0.05, 0) is 38.1 Å². The van der Waals surface area contributed by atoms with Crippen molar-refractivity contribution in [2.24, 2.45) is 11.7 Å². The highest BCUT2D eigenvalue weighted by molar-refractivity contribution is 4.99. The number of rotatable bonds is 1. The van der Waals surface area contributed by atoms with Crippen LogP contribution in [0.15, 0.2) is 12.2 Å². The molecular formula is C8H15N. The molecular weight excluding hydrogens is 110 g/mol. The molecule has 1 rings (SSSR count). The standard InChI is InChI=1S/C8H15N/c1-7-3-2-4-8(5-7)6-9/h8H,1-6,9H2. The van der Waals surface area contributed by atoms with Gasteiger partial charge in [0.15, 0.2) is 0 Å². The lowest BCUT2D eigenvalue weighted by Gasteiger charge is -2.21. The van der Waals surface area contributed by atoms with Gasteiger partial charge in [0.1, 0.15) is 0 Å². The topological polar surface area (TPSA) is 26.0 Å². The Morgan fingerprint density at radius 2 is 2.44 bits per heavy atom. The summed E-state index contributed by atoms with van der Waals surface area (Å²) >= 11 is 0. The number of nitrogens with two attached hydrogens (primary N) is 1. The molecule has 0 spiro atoms. The summed E-state index contributed by atoms with van der Waals surface area (Å²) in [7, 11) is 0. The minimum absolute atomic E-state index is 0.742. The molecule has 1 atom stereocenters. The molecule has 1 aliphatic rings. The maximum Gasteiger partial charge on any atom is -0.00458 e.